The van der Waals surface area contributed by atoms with Crippen molar-refractivity contribution < 1.29 is 13.9 Å². The molecular formula is C21H25ClFNO2S. The summed E-state index contributed by atoms with van der Waals surface area (Å²) in [5.74, 6) is 1.52. The van der Waals surface area contributed by atoms with Crippen molar-refractivity contribution in [2.24, 2.45) is 5.92 Å². The van der Waals surface area contributed by atoms with E-state index in [1.54, 1.807) is 19.2 Å². The summed E-state index contributed by atoms with van der Waals surface area (Å²) in [6, 6.07) is 12.3. The second kappa shape index (κ2) is 10.6. The molecule has 0 spiro atoms. The summed E-state index contributed by atoms with van der Waals surface area (Å²) in [4.78, 5) is 12.4. The van der Waals surface area contributed by atoms with Crippen molar-refractivity contribution >= 4 is 29.3 Å². The Bertz CT molecular complexity index is 752. The Morgan fingerprint density at radius 1 is 1.22 bits per heavy atom. The topological polar surface area (TPSA) is 38.3 Å². The third kappa shape index (κ3) is 7.07. The van der Waals surface area contributed by atoms with Crippen LogP contribution in [0.3, 0.4) is 0 Å². The second-order valence-electron chi connectivity index (χ2n) is 6.75. The molecule has 0 fully saturated rings. The van der Waals surface area contributed by atoms with E-state index in [4.69, 9.17) is 16.3 Å². The molecule has 0 saturated heterocycles. The van der Waals surface area contributed by atoms with Gasteiger partial charge in [0.05, 0.1) is 18.9 Å². The molecule has 1 N–H and O–H groups in total. The van der Waals surface area contributed by atoms with E-state index in [9.17, 15) is 9.18 Å². The molecule has 2 aromatic rings. The van der Waals surface area contributed by atoms with Crippen molar-refractivity contribution in [1.29, 1.82) is 0 Å². The maximum absolute atomic E-state index is 13.8. The van der Waals surface area contributed by atoms with Gasteiger partial charge in [-0.15, -0.1) is 11.8 Å². The van der Waals surface area contributed by atoms with Crippen LogP contribution in [-0.4, -0.2) is 18.8 Å². The van der Waals surface area contributed by atoms with Gasteiger partial charge in [-0.1, -0.05) is 43.6 Å². The molecule has 27 heavy (non-hydrogen) atoms. The zero-order valence-corrected chi connectivity index (χ0v) is 17.4. The first-order valence-electron chi connectivity index (χ1n) is 8.84. The fraction of sp³-hybridized carbons (Fsp3) is 0.381. The lowest BCUT2D eigenvalue weighted by molar-refractivity contribution is -0.119. The summed E-state index contributed by atoms with van der Waals surface area (Å²) in [6.45, 7) is 4.25. The number of ether oxygens (including phenoxy) is 1. The van der Waals surface area contributed by atoms with E-state index in [-0.39, 0.29) is 23.5 Å². The highest BCUT2D eigenvalue weighted by molar-refractivity contribution is 7.99. The molecule has 0 heterocycles. The number of methoxy groups -OCH3 is 1. The predicted molar refractivity (Wildman–Crippen MR) is 111 cm³/mol. The van der Waals surface area contributed by atoms with Gasteiger partial charge >= 0.3 is 0 Å². The molecule has 0 aliphatic carbocycles. The predicted octanol–water partition coefficient (Wildman–Crippen LogP) is 5.62. The molecule has 0 aromatic heterocycles. The van der Waals surface area contributed by atoms with E-state index in [0.717, 1.165) is 17.7 Å². The molecule has 6 heteroatoms. The van der Waals surface area contributed by atoms with Crippen LogP contribution in [0.15, 0.2) is 42.5 Å². The van der Waals surface area contributed by atoms with Gasteiger partial charge < -0.3 is 10.1 Å². The summed E-state index contributed by atoms with van der Waals surface area (Å²) in [6.07, 6.45) is 0.842. The Morgan fingerprint density at radius 3 is 2.52 bits per heavy atom. The third-order valence-electron chi connectivity index (χ3n) is 4.07. The number of nitrogens with one attached hydrogen (secondary N) is 1. The first kappa shape index (κ1) is 21.6. The van der Waals surface area contributed by atoms with E-state index < -0.39 is 0 Å². The summed E-state index contributed by atoms with van der Waals surface area (Å²) >= 11 is 7.14. The molecular weight excluding hydrogens is 385 g/mol. The van der Waals surface area contributed by atoms with E-state index in [2.05, 4.69) is 19.2 Å². The van der Waals surface area contributed by atoms with Gasteiger partial charge in [0.15, 0.2) is 0 Å². The Labute approximate surface area is 169 Å². The van der Waals surface area contributed by atoms with Gasteiger partial charge in [0.25, 0.3) is 0 Å². The van der Waals surface area contributed by atoms with Crippen molar-refractivity contribution in [3.8, 4) is 5.75 Å². The van der Waals surface area contributed by atoms with Crippen molar-refractivity contribution in [3.05, 3.63) is 64.4 Å². The molecule has 1 amide bonds. The number of hydrogen-bond donors (Lipinski definition) is 1. The van der Waals surface area contributed by atoms with Crippen molar-refractivity contribution in [2.75, 3.05) is 12.9 Å². The molecule has 1 unspecified atom stereocenters. The molecule has 0 bridgehead atoms. The summed E-state index contributed by atoms with van der Waals surface area (Å²) in [7, 11) is 1.63. The average molecular weight is 410 g/mol. The van der Waals surface area contributed by atoms with Crippen LogP contribution in [0.1, 0.15) is 37.4 Å². The monoisotopic (exact) mass is 409 g/mol. The van der Waals surface area contributed by atoms with Crippen LogP contribution in [0.2, 0.25) is 5.02 Å². The fourth-order valence-electron chi connectivity index (χ4n) is 2.71. The van der Waals surface area contributed by atoms with Crippen LogP contribution >= 0.6 is 23.4 Å². The third-order valence-corrected chi connectivity index (χ3v) is 5.28. The van der Waals surface area contributed by atoms with Gasteiger partial charge in [0, 0.05) is 10.8 Å². The minimum Gasteiger partial charge on any atom is -0.497 e. The number of amides is 1. The highest BCUT2D eigenvalue weighted by Crippen LogP contribution is 2.24. The number of rotatable bonds is 9. The molecule has 0 aliphatic rings. The maximum Gasteiger partial charge on any atom is 0.230 e. The average Bonchev–Trinajstić information content (AvgIpc) is 2.62. The molecule has 0 radical (unpaired) electrons. The van der Waals surface area contributed by atoms with Crippen LogP contribution in [0.25, 0.3) is 0 Å². The second-order valence-corrected chi connectivity index (χ2v) is 8.17. The van der Waals surface area contributed by atoms with Gasteiger partial charge in [-0.05, 0) is 47.7 Å². The number of halogens is 2. The van der Waals surface area contributed by atoms with Crippen LogP contribution in [0.5, 0.6) is 5.75 Å². The molecule has 3 nitrogen and oxygen atoms in total. The van der Waals surface area contributed by atoms with Crippen LogP contribution in [-0.2, 0) is 10.5 Å². The molecule has 2 rings (SSSR count). The van der Waals surface area contributed by atoms with Crippen molar-refractivity contribution in [2.45, 2.75) is 32.1 Å². The number of carbonyl (C=O) groups excluding carboxylic acids is 1. The largest absolute Gasteiger partial charge is 0.497 e. The number of carbonyl (C=O) groups is 1. The molecule has 146 valence electrons. The highest BCUT2D eigenvalue weighted by Gasteiger charge is 2.16. The molecule has 1 atom stereocenters. The lowest BCUT2D eigenvalue weighted by Crippen LogP contribution is -2.30. The Kier molecular flexibility index (Phi) is 8.45. The zero-order valence-electron chi connectivity index (χ0n) is 15.8. The molecule has 2 aromatic carbocycles. The lowest BCUT2D eigenvalue weighted by Gasteiger charge is -2.21. The maximum atomic E-state index is 13.8. The van der Waals surface area contributed by atoms with Crippen molar-refractivity contribution in [3.63, 3.8) is 0 Å². The number of thioether (sulfide) groups is 1. The van der Waals surface area contributed by atoms with Crippen molar-refractivity contribution in [1.82, 2.24) is 5.32 Å². The van der Waals surface area contributed by atoms with Crippen LogP contribution < -0.4 is 10.1 Å². The van der Waals surface area contributed by atoms with E-state index in [1.165, 1.54) is 17.8 Å². The van der Waals surface area contributed by atoms with E-state index in [0.29, 0.717) is 22.3 Å². The van der Waals surface area contributed by atoms with Gasteiger partial charge in [-0.25, -0.2) is 4.39 Å². The first-order valence-corrected chi connectivity index (χ1v) is 10.4. The van der Waals surface area contributed by atoms with Crippen LogP contribution in [0.4, 0.5) is 4.39 Å². The number of hydrogen-bond acceptors (Lipinski definition) is 3. The smallest absolute Gasteiger partial charge is 0.230 e. The Morgan fingerprint density at radius 2 is 1.93 bits per heavy atom. The minimum atomic E-state index is -0.341. The van der Waals surface area contributed by atoms with E-state index in [1.807, 2.05) is 24.3 Å². The fourth-order valence-corrected chi connectivity index (χ4v) is 3.70. The van der Waals surface area contributed by atoms with Gasteiger partial charge in [0.2, 0.25) is 5.91 Å². The standard InChI is InChI=1S/C21H25ClFNO2S/c1-14(2)10-20(15-5-8-18(26-3)9-6-15)24-21(25)13-27-12-16-4-7-17(22)11-19(16)23/h4-9,11,14,20H,10,12-13H2,1-3H3,(H,24,25). The van der Waals surface area contributed by atoms with Gasteiger partial charge in [0.1, 0.15) is 11.6 Å². The Hall–Kier alpha value is -1.72. The zero-order chi connectivity index (χ0) is 19.8. The molecule has 0 aliphatic heterocycles. The lowest BCUT2D eigenvalue weighted by atomic mass is 9.97. The van der Waals surface area contributed by atoms with Crippen LogP contribution in [0, 0.1) is 11.7 Å². The summed E-state index contributed by atoms with van der Waals surface area (Å²) < 4.78 is 19.0. The first-order chi connectivity index (χ1) is 12.9. The SMILES string of the molecule is COc1ccc(C(CC(C)C)NC(=O)CSCc2ccc(Cl)cc2F)cc1. The Balaban J connectivity index is 1.92. The van der Waals surface area contributed by atoms with Gasteiger partial charge in [-0.3, -0.25) is 4.79 Å². The highest BCUT2D eigenvalue weighted by atomic mass is 35.5. The molecule has 0 saturated carbocycles. The van der Waals surface area contributed by atoms with Gasteiger partial charge in [-0.2, -0.15) is 0 Å². The number of benzene rings is 2. The van der Waals surface area contributed by atoms with E-state index >= 15 is 0 Å². The summed E-state index contributed by atoms with van der Waals surface area (Å²) in [5, 5.41) is 3.47. The normalized spacial score (nSPS) is 12.1. The summed E-state index contributed by atoms with van der Waals surface area (Å²) in [5.41, 5.74) is 1.60. The quantitative estimate of drug-likeness (QED) is 0.583. The minimum absolute atomic E-state index is 0.0590.